The van der Waals surface area contributed by atoms with E-state index in [1.54, 1.807) is 0 Å². The molecule has 0 radical (unpaired) electrons. The lowest BCUT2D eigenvalue weighted by atomic mass is 10.1. The van der Waals surface area contributed by atoms with Crippen molar-refractivity contribution in [2.45, 2.75) is 11.8 Å². The molecule has 2 nitrogen and oxygen atoms in total. The Balaban J connectivity index is 1.76. The molecule has 0 spiro atoms. The average Bonchev–Trinajstić information content (AvgIpc) is 2.85. The van der Waals surface area contributed by atoms with Gasteiger partial charge in [0.05, 0.1) is 11.4 Å². The van der Waals surface area contributed by atoms with E-state index in [4.69, 9.17) is 5.73 Å². The van der Waals surface area contributed by atoms with E-state index < -0.39 is 10.0 Å². The molecule has 33 heavy (non-hydrogen) atoms. The van der Waals surface area contributed by atoms with Crippen LogP contribution in [0, 0.1) is 0 Å². The summed E-state index contributed by atoms with van der Waals surface area (Å²) in [6, 6.07) is 36.9. The van der Waals surface area contributed by atoms with Crippen LogP contribution in [-0.4, -0.2) is 18.3 Å². The van der Waals surface area contributed by atoms with Crippen molar-refractivity contribution in [1.82, 2.24) is 0 Å². The van der Waals surface area contributed by atoms with Gasteiger partial charge in [-0.1, -0.05) is 67.6 Å². The lowest BCUT2D eigenvalue weighted by Gasteiger charge is -2.33. The predicted octanol–water partition coefficient (Wildman–Crippen LogP) is 8.49. The molecule has 0 bridgehead atoms. The van der Waals surface area contributed by atoms with Gasteiger partial charge in [0.15, 0.2) is 0 Å². The van der Waals surface area contributed by atoms with E-state index in [-0.39, 0.29) is 0 Å². The maximum absolute atomic E-state index is 6.64. The van der Waals surface area contributed by atoms with E-state index >= 15 is 0 Å². The van der Waals surface area contributed by atoms with Crippen molar-refractivity contribution in [2.24, 2.45) is 0 Å². The van der Waals surface area contributed by atoms with Crippen LogP contribution in [-0.2, 0) is 0 Å². The monoisotopic (exact) mass is 450 g/mol. The average molecular weight is 451 g/mol. The van der Waals surface area contributed by atoms with Gasteiger partial charge in [-0.05, 0) is 87.2 Å². The van der Waals surface area contributed by atoms with Crippen LogP contribution in [0.3, 0.4) is 0 Å². The summed E-state index contributed by atoms with van der Waals surface area (Å²) >= 11 is 0. The number of anilines is 4. The predicted molar refractivity (Wildman–Crippen MR) is 149 cm³/mol. The molecule has 0 unspecified atom stereocenters. The van der Waals surface area contributed by atoms with E-state index in [1.165, 1.54) is 26.4 Å². The highest BCUT2D eigenvalue weighted by molar-refractivity contribution is 8.32. The van der Waals surface area contributed by atoms with Crippen LogP contribution in [0.1, 0.15) is 6.92 Å². The standard InChI is InChI=1S/C30H30N2S/c1-4-33(2,3)28-17-18-29(31)30(21-28)32(26-15-13-22-9-5-7-11-24(22)19-26)27-16-14-23-10-6-8-12-25(23)20-27/h5-21H,4,31H2,1-3H3. The maximum atomic E-state index is 6.64. The summed E-state index contributed by atoms with van der Waals surface area (Å²) in [5.74, 6) is 1.14. The first-order valence-electron chi connectivity index (χ1n) is 11.3. The first-order chi connectivity index (χ1) is 16.0. The molecule has 0 aliphatic carbocycles. The first kappa shape index (κ1) is 21.4. The van der Waals surface area contributed by atoms with Gasteiger partial charge in [0.1, 0.15) is 0 Å². The fraction of sp³-hybridized carbons (Fsp3) is 0.133. The number of nitrogens with zero attached hydrogens (tertiary/aromatic N) is 1. The minimum absolute atomic E-state index is 0.784. The van der Waals surface area contributed by atoms with Crippen LogP contribution in [0.4, 0.5) is 22.7 Å². The van der Waals surface area contributed by atoms with Crippen LogP contribution < -0.4 is 10.6 Å². The molecule has 2 N–H and O–H groups in total. The van der Waals surface area contributed by atoms with Gasteiger partial charge in [-0.25, -0.2) is 10.0 Å². The Kier molecular flexibility index (Phi) is 5.51. The molecule has 5 aromatic rings. The van der Waals surface area contributed by atoms with Crippen LogP contribution >= 0.6 is 10.0 Å². The number of hydrogen-bond donors (Lipinski definition) is 1. The Bertz CT molecular complexity index is 1380. The SMILES string of the molecule is CCS(C)(C)c1ccc(N)c(N(c2ccc3ccccc3c2)c2ccc3ccccc3c2)c1. The first-order valence-corrected chi connectivity index (χ1v) is 14.0. The van der Waals surface area contributed by atoms with Crippen LogP contribution in [0.25, 0.3) is 21.5 Å². The fourth-order valence-corrected chi connectivity index (χ4v) is 5.49. The quantitative estimate of drug-likeness (QED) is 0.272. The van der Waals surface area contributed by atoms with Crippen molar-refractivity contribution in [3.63, 3.8) is 0 Å². The minimum Gasteiger partial charge on any atom is -0.397 e. The number of fused-ring (bicyclic) bond motifs is 2. The van der Waals surface area contributed by atoms with Crippen molar-refractivity contribution in [3.8, 4) is 0 Å². The zero-order valence-corrected chi connectivity index (χ0v) is 20.3. The van der Waals surface area contributed by atoms with E-state index in [1.807, 2.05) is 0 Å². The Morgan fingerprint density at radius 2 is 1.15 bits per heavy atom. The number of nitrogen functional groups attached to an aromatic ring is 1. The molecule has 0 aliphatic rings. The Hall–Kier alpha value is -3.43. The summed E-state index contributed by atoms with van der Waals surface area (Å²) in [6.45, 7) is 2.27. The summed E-state index contributed by atoms with van der Waals surface area (Å²) in [6.07, 6.45) is 4.75. The molecular formula is C30H30N2S. The lowest BCUT2D eigenvalue weighted by Crippen LogP contribution is -2.13. The highest BCUT2D eigenvalue weighted by Gasteiger charge is 2.20. The van der Waals surface area contributed by atoms with Gasteiger partial charge in [0.25, 0.3) is 0 Å². The molecule has 0 aliphatic heterocycles. The molecule has 0 amide bonds. The number of nitrogens with two attached hydrogens (primary N) is 1. The number of hydrogen-bond acceptors (Lipinski definition) is 2. The summed E-state index contributed by atoms with van der Waals surface area (Å²) in [4.78, 5) is 3.68. The summed E-state index contributed by atoms with van der Waals surface area (Å²) < 4.78 is 0. The Morgan fingerprint density at radius 3 is 1.67 bits per heavy atom. The molecule has 166 valence electrons. The smallest absolute Gasteiger partial charge is 0.0701 e. The van der Waals surface area contributed by atoms with Gasteiger partial charge in [0.2, 0.25) is 0 Å². The molecule has 0 saturated carbocycles. The highest BCUT2D eigenvalue weighted by atomic mass is 32.3. The van der Waals surface area contributed by atoms with E-state index in [9.17, 15) is 0 Å². The molecular weight excluding hydrogens is 420 g/mol. The number of rotatable bonds is 5. The van der Waals surface area contributed by atoms with Gasteiger partial charge in [-0.15, -0.1) is 0 Å². The normalized spacial score (nSPS) is 12.2. The molecule has 0 heterocycles. The van der Waals surface area contributed by atoms with Gasteiger partial charge in [-0.3, -0.25) is 0 Å². The van der Waals surface area contributed by atoms with Crippen LogP contribution in [0.2, 0.25) is 0 Å². The molecule has 0 fully saturated rings. The van der Waals surface area contributed by atoms with Crippen molar-refractivity contribution in [2.75, 3.05) is 28.9 Å². The summed E-state index contributed by atoms with van der Waals surface area (Å²) in [5, 5.41) is 4.90. The highest BCUT2D eigenvalue weighted by Crippen LogP contribution is 2.51. The second-order valence-electron chi connectivity index (χ2n) is 8.95. The van der Waals surface area contributed by atoms with E-state index in [0.717, 1.165) is 28.5 Å². The number of benzene rings is 5. The zero-order chi connectivity index (χ0) is 23.0. The van der Waals surface area contributed by atoms with Gasteiger partial charge in [0, 0.05) is 11.4 Å². The van der Waals surface area contributed by atoms with Crippen LogP contribution in [0.15, 0.2) is 108 Å². The second kappa shape index (κ2) is 8.49. The van der Waals surface area contributed by atoms with Gasteiger partial charge >= 0.3 is 0 Å². The van der Waals surface area contributed by atoms with Gasteiger partial charge in [-0.2, -0.15) is 0 Å². The third-order valence-electron chi connectivity index (χ3n) is 6.59. The molecule has 0 aromatic heterocycles. The third-order valence-corrected chi connectivity index (χ3v) is 9.56. The topological polar surface area (TPSA) is 29.3 Å². The third kappa shape index (κ3) is 4.05. The van der Waals surface area contributed by atoms with E-state index in [2.05, 4.69) is 127 Å². The van der Waals surface area contributed by atoms with Crippen molar-refractivity contribution in [3.05, 3.63) is 103 Å². The second-order valence-corrected chi connectivity index (χ2v) is 13.1. The van der Waals surface area contributed by atoms with Crippen LogP contribution in [0.5, 0.6) is 0 Å². The van der Waals surface area contributed by atoms with Crippen molar-refractivity contribution < 1.29 is 0 Å². The molecule has 0 atom stereocenters. The fourth-order valence-electron chi connectivity index (χ4n) is 4.29. The molecule has 5 aromatic carbocycles. The largest absolute Gasteiger partial charge is 0.397 e. The minimum atomic E-state index is -0.887. The maximum Gasteiger partial charge on any atom is 0.0701 e. The summed E-state index contributed by atoms with van der Waals surface area (Å²) in [5.41, 5.74) is 10.7. The van der Waals surface area contributed by atoms with Crippen molar-refractivity contribution in [1.29, 1.82) is 0 Å². The van der Waals surface area contributed by atoms with E-state index in [0.29, 0.717) is 0 Å². The Labute approximate surface area is 198 Å². The molecule has 5 rings (SSSR count). The van der Waals surface area contributed by atoms with Crippen molar-refractivity contribution >= 4 is 54.3 Å². The molecule has 3 heteroatoms. The lowest BCUT2D eigenvalue weighted by molar-refractivity contribution is 1.26. The molecule has 0 saturated heterocycles. The summed E-state index contributed by atoms with van der Waals surface area (Å²) in [7, 11) is -0.887. The van der Waals surface area contributed by atoms with Gasteiger partial charge < -0.3 is 10.6 Å². The Morgan fingerprint density at radius 1 is 0.636 bits per heavy atom. The zero-order valence-electron chi connectivity index (χ0n) is 19.5.